The molecule has 1 aliphatic rings. The van der Waals surface area contributed by atoms with E-state index in [0.29, 0.717) is 13.2 Å². The molecule has 2 N–H and O–H groups in total. The van der Waals surface area contributed by atoms with Crippen molar-refractivity contribution in [3.05, 3.63) is 18.0 Å². The van der Waals surface area contributed by atoms with Gasteiger partial charge in [-0.1, -0.05) is 0 Å². The monoisotopic (exact) mass is 209 g/mol. The molecule has 82 valence electrons. The topological polar surface area (TPSA) is 67.0 Å². The Morgan fingerprint density at radius 1 is 1.80 bits per heavy atom. The van der Waals surface area contributed by atoms with Crippen LogP contribution in [-0.4, -0.2) is 28.8 Å². The van der Waals surface area contributed by atoms with Crippen LogP contribution in [0.25, 0.3) is 0 Å². The Balaban J connectivity index is 1.78. The molecule has 15 heavy (non-hydrogen) atoms. The van der Waals surface area contributed by atoms with E-state index in [-0.39, 0.29) is 17.9 Å². The Kier molecular flexibility index (Phi) is 3.01. The minimum absolute atomic E-state index is 0.00639. The van der Waals surface area contributed by atoms with E-state index >= 15 is 0 Å². The highest BCUT2D eigenvalue weighted by Gasteiger charge is 2.27. The molecule has 0 aromatic carbocycles. The molecular formula is C10H15N3O2. The van der Waals surface area contributed by atoms with Crippen LogP contribution >= 0.6 is 0 Å². The van der Waals surface area contributed by atoms with E-state index in [1.54, 1.807) is 12.4 Å². The first-order chi connectivity index (χ1) is 7.25. The number of carbonyl (C=O) groups excluding carboxylic acids is 1. The predicted octanol–water partition coefficient (Wildman–Crippen LogP) is 0.451. The number of amides is 1. The van der Waals surface area contributed by atoms with Gasteiger partial charge in [0.25, 0.3) is 0 Å². The van der Waals surface area contributed by atoms with Crippen molar-refractivity contribution >= 4 is 5.91 Å². The van der Waals surface area contributed by atoms with E-state index < -0.39 is 0 Å². The van der Waals surface area contributed by atoms with Crippen LogP contribution in [-0.2, 0) is 16.1 Å². The fraction of sp³-hybridized carbons (Fsp3) is 0.600. The van der Waals surface area contributed by atoms with E-state index in [0.717, 1.165) is 12.0 Å². The third kappa shape index (κ3) is 2.56. The minimum Gasteiger partial charge on any atom is -0.378 e. The van der Waals surface area contributed by atoms with E-state index in [9.17, 15) is 4.79 Å². The second-order valence-corrected chi connectivity index (χ2v) is 3.90. The van der Waals surface area contributed by atoms with Crippen molar-refractivity contribution in [1.29, 1.82) is 0 Å². The van der Waals surface area contributed by atoms with E-state index in [1.165, 1.54) is 0 Å². The Morgan fingerprint density at radius 2 is 2.67 bits per heavy atom. The average molecular weight is 209 g/mol. The summed E-state index contributed by atoms with van der Waals surface area (Å²) < 4.78 is 5.34. The van der Waals surface area contributed by atoms with Crippen molar-refractivity contribution in [3.63, 3.8) is 0 Å². The van der Waals surface area contributed by atoms with Crippen LogP contribution in [0.4, 0.5) is 0 Å². The van der Waals surface area contributed by atoms with Crippen LogP contribution in [0, 0.1) is 5.92 Å². The number of H-pyrrole nitrogens is 1. The lowest BCUT2D eigenvalue weighted by atomic mass is 10.1. The summed E-state index contributed by atoms with van der Waals surface area (Å²) in [6, 6.07) is 0. The first kappa shape index (κ1) is 10.2. The highest BCUT2D eigenvalue weighted by Crippen LogP contribution is 2.18. The maximum Gasteiger partial charge on any atom is 0.225 e. The van der Waals surface area contributed by atoms with Crippen LogP contribution in [0.3, 0.4) is 0 Å². The van der Waals surface area contributed by atoms with Gasteiger partial charge in [0.1, 0.15) is 0 Å². The molecule has 1 fully saturated rings. The maximum absolute atomic E-state index is 11.7. The number of ether oxygens (including phenoxy) is 1. The molecule has 0 bridgehead atoms. The number of aromatic amines is 1. The summed E-state index contributed by atoms with van der Waals surface area (Å²) in [6.45, 7) is 3.06. The van der Waals surface area contributed by atoms with Gasteiger partial charge in [-0.15, -0.1) is 0 Å². The van der Waals surface area contributed by atoms with Gasteiger partial charge in [-0.3, -0.25) is 9.89 Å². The van der Waals surface area contributed by atoms with Gasteiger partial charge in [0.15, 0.2) is 0 Å². The molecule has 1 aliphatic heterocycles. The molecule has 5 heteroatoms. The van der Waals surface area contributed by atoms with Gasteiger partial charge in [-0.2, -0.15) is 5.10 Å². The molecule has 1 aromatic heterocycles. The number of nitrogens with zero attached hydrogens (tertiary/aromatic N) is 1. The summed E-state index contributed by atoms with van der Waals surface area (Å²) in [7, 11) is 0. The zero-order valence-electron chi connectivity index (χ0n) is 8.69. The predicted molar refractivity (Wildman–Crippen MR) is 54.0 cm³/mol. The molecule has 2 rings (SSSR count). The molecule has 1 saturated heterocycles. The molecule has 5 nitrogen and oxygen atoms in total. The normalized spacial score (nSPS) is 25.4. The average Bonchev–Trinajstić information content (AvgIpc) is 2.84. The quantitative estimate of drug-likeness (QED) is 0.759. The van der Waals surface area contributed by atoms with Crippen LogP contribution in [0.1, 0.15) is 18.9 Å². The molecular weight excluding hydrogens is 194 g/mol. The summed E-state index contributed by atoms with van der Waals surface area (Å²) in [4.78, 5) is 11.7. The molecule has 2 unspecified atom stereocenters. The maximum atomic E-state index is 11.7. The summed E-state index contributed by atoms with van der Waals surface area (Å²) in [5.41, 5.74) is 0.982. The van der Waals surface area contributed by atoms with E-state index in [2.05, 4.69) is 15.5 Å². The third-order valence-electron chi connectivity index (χ3n) is 2.59. The van der Waals surface area contributed by atoms with Crippen molar-refractivity contribution in [2.45, 2.75) is 26.0 Å². The second kappa shape index (κ2) is 4.44. The largest absolute Gasteiger partial charge is 0.378 e. The summed E-state index contributed by atoms with van der Waals surface area (Å²) in [5, 5.41) is 9.38. The summed E-state index contributed by atoms with van der Waals surface area (Å²) in [6.07, 6.45) is 4.49. The van der Waals surface area contributed by atoms with Gasteiger partial charge in [-0.05, 0) is 13.3 Å². The fourth-order valence-corrected chi connectivity index (χ4v) is 1.71. The third-order valence-corrected chi connectivity index (χ3v) is 2.59. The number of nitrogens with one attached hydrogen (secondary N) is 2. The van der Waals surface area contributed by atoms with Crippen molar-refractivity contribution in [2.75, 3.05) is 6.61 Å². The standard InChI is InChI=1S/C10H15N3O2/c1-7-2-9(6-15-7)10(14)11-3-8-4-12-13-5-8/h4-5,7,9H,2-3,6H2,1H3,(H,11,14)(H,12,13). The highest BCUT2D eigenvalue weighted by atomic mass is 16.5. The van der Waals surface area contributed by atoms with Gasteiger partial charge >= 0.3 is 0 Å². The fourth-order valence-electron chi connectivity index (χ4n) is 1.71. The lowest BCUT2D eigenvalue weighted by molar-refractivity contribution is -0.125. The first-order valence-electron chi connectivity index (χ1n) is 5.12. The SMILES string of the molecule is CC1CC(C(=O)NCc2cn[nH]c2)CO1. The van der Waals surface area contributed by atoms with Gasteiger partial charge in [0.05, 0.1) is 24.8 Å². The van der Waals surface area contributed by atoms with E-state index in [1.807, 2.05) is 6.92 Å². The van der Waals surface area contributed by atoms with Crippen LogP contribution in [0.15, 0.2) is 12.4 Å². The number of hydrogen-bond donors (Lipinski definition) is 2. The Hall–Kier alpha value is -1.36. The van der Waals surface area contributed by atoms with Crippen LogP contribution in [0.2, 0.25) is 0 Å². The highest BCUT2D eigenvalue weighted by molar-refractivity contribution is 5.79. The number of hydrogen-bond acceptors (Lipinski definition) is 3. The van der Waals surface area contributed by atoms with Gasteiger partial charge in [0.2, 0.25) is 5.91 Å². The van der Waals surface area contributed by atoms with Crippen molar-refractivity contribution < 1.29 is 9.53 Å². The number of aromatic nitrogens is 2. The van der Waals surface area contributed by atoms with Gasteiger partial charge in [0, 0.05) is 18.3 Å². The molecule has 0 radical (unpaired) electrons. The van der Waals surface area contributed by atoms with Crippen LogP contribution in [0.5, 0.6) is 0 Å². The smallest absolute Gasteiger partial charge is 0.225 e. The van der Waals surface area contributed by atoms with Gasteiger partial charge < -0.3 is 10.1 Å². The lowest BCUT2D eigenvalue weighted by Crippen LogP contribution is -2.30. The van der Waals surface area contributed by atoms with Crippen molar-refractivity contribution in [1.82, 2.24) is 15.5 Å². The Bertz CT molecular complexity index is 323. The minimum atomic E-state index is 0.00639. The summed E-state index contributed by atoms with van der Waals surface area (Å²) in [5.74, 6) is 0.0763. The molecule has 2 atom stereocenters. The molecule has 1 aromatic rings. The molecule has 0 saturated carbocycles. The molecule has 0 aliphatic carbocycles. The Labute approximate surface area is 88.2 Å². The number of carbonyl (C=O) groups is 1. The molecule has 1 amide bonds. The van der Waals surface area contributed by atoms with Crippen LogP contribution < -0.4 is 5.32 Å². The number of rotatable bonds is 3. The van der Waals surface area contributed by atoms with E-state index in [4.69, 9.17) is 4.74 Å². The van der Waals surface area contributed by atoms with Crippen molar-refractivity contribution in [3.8, 4) is 0 Å². The molecule has 0 spiro atoms. The Morgan fingerprint density at radius 3 is 3.27 bits per heavy atom. The second-order valence-electron chi connectivity index (χ2n) is 3.90. The van der Waals surface area contributed by atoms with Crippen molar-refractivity contribution in [2.24, 2.45) is 5.92 Å². The first-order valence-corrected chi connectivity index (χ1v) is 5.12. The zero-order valence-corrected chi connectivity index (χ0v) is 8.69. The molecule has 2 heterocycles. The summed E-state index contributed by atoms with van der Waals surface area (Å²) >= 11 is 0. The van der Waals surface area contributed by atoms with Gasteiger partial charge in [-0.25, -0.2) is 0 Å². The zero-order chi connectivity index (χ0) is 10.7. The lowest BCUT2D eigenvalue weighted by Gasteiger charge is -2.07.